The molecule has 0 unspecified atom stereocenters. The molecule has 0 atom stereocenters. The molecular formula is C11H9ClO4. The Bertz CT molecular complexity index is 559. The SMILES string of the molecule is Cc1cc(=O)oc2cc(O)ccc12.O=CCl. The van der Waals surface area contributed by atoms with Crippen LogP contribution in [0.3, 0.4) is 0 Å². The number of phenols is 1. The number of benzene rings is 1. The van der Waals surface area contributed by atoms with Crippen molar-refractivity contribution in [1.29, 1.82) is 0 Å². The van der Waals surface area contributed by atoms with Crippen LogP contribution in [0.2, 0.25) is 0 Å². The van der Waals surface area contributed by atoms with Crippen molar-refractivity contribution in [3.8, 4) is 5.75 Å². The summed E-state index contributed by atoms with van der Waals surface area (Å²) in [6, 6.07) is 6.15. The molecule has 16 heavy (non-hydrogen) atoms. The minimum Gasteiger partial charge on any atom is -0.508 e. The van der Waals surface area contributed by atoms with Crippen LogP contribution in [0.1, 0.15) is 5.56 Å². The molecule has 0 saturated carbocycles. The Morgan fingerprint density at radius 3 is 2.62 bits per heavy atom. The molecule has 1 heterocycles. The van der Waals surface area contributed by atoms with Gasteiger partial charge in [0.05, 0.1) is 0 Å². The Morgan fingerprint density at radius 2 is 2.00 bits per heavy atom. The number of aromatic hydroxyl groups is 1. The first-order chi connectivity index (χ1) is 7.58. The van der Waals surface area contributed by atoms with Gasteiger partial charge in [-0.2, -0.15) is 0 Å². The summed E-state index contributed by atoms with van der Waals surface area (Å²) in [4.78, 5) is 19.5. The zero-order chi connectivity index (χ0) is 12.1. The smallest absolute Gasteiger partial charge is 0.336 e. The van der Waals surface area contributed by atoms with Crippen LogP contribution in [0.4, 0.5) is 0 Å². The Balaban J connectivity index is 0.000000386. The molecule has 2 aromatic rings. The predicted octanol–water partition coefficient (Wildman–Crippen LogP) is 2.22. The molecule has 84 valence electrons. The van der Waals surface area contributed by atoms with Crippen molar-refractivity contribution in [1.82, 2.24) is 0 Å². The second-order valence-corrected chi connectivity index (χ2v) is 3.20. The molecule has 0 saturated heterocycles. The zero-order valence-corrected chi connectivity index (χ0v) is 9.19. The van der Waals surface area contributed by atoms with Crippen LogP contribution in [0.15, 0.2) is 33.5 Å². The fourth-order valence-corrected chi connectivity index (χ4v) is 1.31. The summed E-state index contributed by atoms with van der Waals surface area (Å²) in [5.74, 6) is 0.321. The number of phenolic OH excluding ortho intramolecular Hbond substituents is 1. The summed E-state index contributed by atoms with van der Waals surface area (Å²) in [5, 5.41) is 9.99. The molecule has 1 N–H and O–H groups in total. The van der Waals surface area contributed by atoms with E-state index in [9.17, 15) is 4.79 Å². The number of hydrogen-bond donors (Lipinski definition) is 1. The van der Waals surface area contributed by atoms with Crippen LogP contribution < -0.4 is 5.63 Å². The minimum absolute atomic E-state index is 0.0984. The molecule has 1 aromatic carbocycles. The lowest BCUT2D eigenvalue weighted by Crippen LogP contribution is -1.97. The van der Waals surface area contributed by atoms with Crippen molar-refractivity contribution < 1.29 is 14.3 Å². The predicted molar refractivity (Wildman–Crippen MR) is 61.5 cm³/mol. The fraction of sp³-hybridized carbons (Fsp3) is 0.0909. The molecule has 0 aliphatic rings. The van der Waals surface area contributed by atoms with E-state index in [0.29, 0.717) is 5.58 Å². The molecule has 0 aliphatic carbocycles. The maximum Gasteiger partial charge on any atom is 0.336 e. The van der Waals surface area contributed by atoms with Gasteiger partial charge < -0.3 is 9.52 Å². The van der Waals surface area contributed by atoms with Crippen molar-refractivity contribution in [2.24, 2.45) is 0 Å². The number of halogens is 1. The average Bonchev–Trinajstić information content (AvgIpc) is 2.17. The van der Waals surface area contributed by atoms with Gasteiger partial charge in [-0.3, -0.25) is 4.79 Å². The van der Waals surface area contributed by atoms with E-state index in [0.717, 1.165) is 10.9 Å². The second-order valence-electron chi connectivity index (χ2n) is 3.02. The lowest BCUT2D eigenvalue weighted by atomic mass is 10.1. The van der Waals surface area contributed by atoms with Gasteiger partial charge in [0, 0.05) is 17.5 Å². The van der Waals surface area contributed by atoms with E-state index in [-0.39, 0.29) is 11.5 Å². The summed E-state index contributed by atoms with van der Waals surface area (Å²) in [6.45, 7) is 1.83. The first kappa shape index (κ1) is 12.3. The maximum absolute atomic E-state index is 11.0. The molecule has 5 heteroatoms. The molecule has 0 bridgehead atoms. The monoisotopic (exact) mass is 240 g/mol. The van der Waals surface area contributed by atoms with Crippen LogP contribution >= 0.6 is 11.6 Å². The number of hydrogen-bond acceptors (Lipinski definition) is 4. The Labute approximate surface area is 96.1 Å². The van der Waals surface area contributed by atoms with Crippen molar-refractivity contribution in [2.45, 2.75) is 6.92 Å². The highest BCUT2D eigenvalue weighted by atomic mass is 35.5. The largest absolute Gasteiger partial charge is 0.508 e. The Hall–Kier alpha value is -1.81. The van der Waals surface area contributed by atoms with E-state index in [2.05, 4.69) is 11.6 Å². The van der Waals surface area contributed by atoms with Gasteiger partial charge in [0.15, 0.2) is 0 Å². The summed E-state index contributed by atoms with van der Waals surface area (Å²) in [6.07, 6.45) is 0. The number of aryl methyl sites for hydroxylation is 1. The van der Waals surface area contributed by atoms with Crippen molar-refractivity contribution in [2.75, 3.05) is 0 Å². The normalized spacial score (nSPS) is 9.38. The lowest BCUT2D eigenvalue weighted by Gasteiger charge is -1.99. The van der Waals surface area contributed by atoms with E-state index < -0.39 is 5.63 Å². The molecule has 0 spiro atoms. The standard InChI is InChI=1S/C10H8O3.CHClO/c1-6-4-10(12)13-9-5-7(11)2-3-8(6)9;2-1-3/h2-5,11H,1H3;1H. The second kappa shape index (κ2) is 5.32. The topological polar surface area (TPSA) is 67.5 Å². The Morgan fingerprint density at radius 1 is 1.38 bits per heavy atom. The quantitative estimate of drug-likeness (QED) is 0.436. The van der Waals surface area contributed by atoms with E-state index >= 15 is 0 Å². The van der Waals surface area contributed by atoms with Gasteiger partial charge in [-0.05, 0) is 36.2 Å². The van der Waals surface area contributed by atoms with Gasteiger partial charge in [-0.15, -0.1) is 0 Å². The number of carbonyl (C=O) groups is 1. The Kier molecular flexibility index (Phi) is 4.08. The summed E-state index contributed by atoms with van der Waals surface area (Å²) in [7, 11) is 0. The van der Waals surface area contributed by atoms with Crippen molar-refractivity contribution in [3.63, 3.8) is 0 Å². The average molecular weight is 241 g/mol. The molecule has 1 aromatic heterocycles. The molecule has 0 aliphatic heterocycles. The highest BCUT2D eigenvalue weighted by Crippen LogP contribution is 2.20. The van der Waals surface area contributed by atoms with Crippen LogP contribution in [0.25, 0.3) is 11.0 Å². The summed E-state index contributed by atoms with van der Waals surface area (Å²) >= 11 is 4.32. The number of fused-ring (bicyclic) bond motifs is 1. The number of rotatable bonds is 0. The fourth-order valence-electron chi connectivity index (χ4n) is 1.31. The van der Waals surface area contributed by atoms with Crippen LogP contribution in [0, 0.1) is 6.92 Å². The first-order valence-corrected chi connectivity index (χ1v) is 4.79. The van der Waals surface area contributed by atoms with Crippen molar-refractivity contribution in [3.05, 3.63) is 40.2 Å². The first-order valence-electron chi connectivity index (χ1n) is 4.36. The third-order valence-electron chi connectivity index (χ3n) is 1.93. The third kappa shape index (κ3) is 2.84. The van der Waals surface area contributed by atoms with Gasteiger partial charge in [0.25, 0.3) is 0 Å². The summed E-state index contributed by atoms with van der Waals surface area (Å²) < 4.78 is 4.91. The molecule has 0 radical (unpaired) electrons. The lowest BCUT2D eigenvalue weighted by molar-refractivity contribution is 0.473. The van der Waals surface area contributed by atoms with Gasteiger partial charge in [0.2, 0.25) is 5.75 Å². The summed E-state index contributed by atoms with van der Waals surface area (Å²) in [5.41, 5.74) is 0.881. The number of carbonyl (C=O) groups excluding carboxylic acids is 1. The van der Waals surface area contributed by atoms with Crippen LogP contribution in [-0.2, 0) is 4.79 Å². The highest BCUT2D eigenvalue weighted by molar-refractivity contribution is 6.54. The van der Waals surface area contributed by atoms with Crippen LogP contribution in [0.5, 0.6) is 5.75 Å². The van der Waals surface area contributed by atoms with Crippen molar-refractivity contribution >= 4 is 28.3 Å². The van der Waals surface area contributed by atoms with E-state index in [1.165, 1.54) is 12.1 Å². The molecule has 4 nitrogen and oxygen atoms in total. The van der Waals surface area contributed by atoms with Gasteiger partial charge in [0.1, 0.15) is 11.3 Å². The maximum atomic E-state index is 11.0. The van der Waals surface area contributed by atoms with Gasteiger partial charge in [-0.25, -0.2) is 4.79 Å². The molecular weight excluding hydrogens is 232 g/mol. The van der Waals surface area contributed by atoms with E-state index in [1.54, 1.807) is 12.1 Å². The minimum atomic E-state index is -0.393. The van der Waals surface area contributed by atoms with E-state index in [4.69, 9.17) is 14.3 Å². The molecule has 0 fully saturated rings. The third-order valence-corrected chi connectivity index (χ3v) is 1.93. The highest BCUT2D eigenvalue weighted by Gasteiger charge is 2.01. The van der Waals surface area contributed by atoms with Gasteiger partial charge in [-0.1, -0.05) is 0 Å². The molecule has 0 amide bonds. The van der Waals surface area contributed by atoms with E-state index in [1.807, 2.05) is 6.92 Å². The van der Waals surface area contributed by atoms with Gasteiger partial charge >= 0.3 is 5.63 Å². The molecule has 2 rings (SSSR count). The zero-order valence-electron chi connectivity index (χ0n) is 8.44. The van der Waals surface area contributed by atoms with Crippen LogP contribution in [-0.4, -0.2) is 10.9 Å².